The maximum atomic E-state index is 11.3. The number of carbonyl (C=O) groups excluding carboxylic acids is 1. The third-order valence-electron chi connectivity index (χ3n) is 3.81. The van der Waals surface area contributed by atoms with Crippen LogP contribution in [0.15, 0.2) is 24.3 Å². The van der Waals surface area contributed by atoms with E-state index in [1.807, 2.05) is 24.3 Å². The molecule has 2 rings (SSSR count). The van der Waals surface area contributed by atoms with Gasteiger partial charge in [0.05, 0.1) is 6.04 Å². The van der Waals surface area contributed by atoms with E-state index in [0.29, 0.717) is 18.6 Å². The normalized spacial score (nSPS) is 24.5. The monoisotopic (exact) mass is 261 g/mol. The van der Waals surface area contributed by atoms with Crippen LogP contribution in [0.2, 0.25) is 0 Å². The third kappa shape index (κ3) is 2.96. The number of hydrogen-bond donors (Lipinski definition) is 1. The van der Waals surface area contributed by atoms with Gasteiger partial charge in [-0.15, -0.1) is 0 Å². The van der Waals surface area contributed by atoms with Crippen LogP contribution in [0, 0.1) is 0 Å². The van der Waals surface area contributed by atoms with E-state index >= 15 is 0 Å². The van der Waals surface area contributed by atoms with E-state index in [1.165, 1.54) is 0 Å². The molecule has 0 bridgehead atoms. The van der Waals surface area contributed by atoms with Gasteiger partial charge in [0.15, 0.2) is 5.78 Å². The van der Waals surface area contributed by atoms with Crippen LogP contribution in [-0.4, -0.2) is 49.4 Å². The molecule has 19 heavy (non-hydrogen) atoms. The van der Waals surface area contributed by atoms with Crippen LogP contribution in [0.3, 0.4) is 0 Å². The van der Waals surface area contributed by atoms with Gasteiger partial charge in [-0.1, -0.05) is 0 Å². The first-order valence-electron chi connectivity index (χ1n) is 6.81. The molecule has 1 fully saturated rings. The topological polar surface area (TPSA) is 49.6 Å². The molecule has 0 aliphatic carbocycles. The molecule has 1 heterocycles. The third-order valence-corrected chi connectivity index (χ3v) is 3.81. The SMILES string of the molecule is CC(=O)c1ccc(N2C(C)CN(C)CC2CN)cc1. The van der Waals surface area contributed by atoms with Gasteiger partial charge in [0, 0.05) is 36.9 Å². The summed E-state index contributed by atoms with van der Waals surface area (Å²) in [7, 11) is 2.13. The van der Waals surface area contributed by atoms with Gasteiger partial charge in [-0.3, -0.25) is 4.79 Å². The van der Waals surface area contributed by atoms with Crippen LogP contribution in [-0.2, 0) is 0 Å². The first-order valence-corrected chi connectivity index (χ1v) is 6.81. The summed E-state index contributed by atoms with van der Waals surface area (Å²) in [6.45, 7) is 6.47. The lowest BCUT2D eigenvalue weighted by Crippen LogP contribution is -2.59. The van der Waals surface area contributed by atoms with Crippen molar-refractivity contribution in [3.8, 4) is 0 Å². The van der Waals surface area contributed by atoms with Gasteiger partial charge >= 0.3 is 0 Å². The molecule has 1 aromatic carbocycles. The molecule has 1 saturated heterocycles. The van der Waals surface area contributed by atoms with Crippen molar-refractivity contribution in [3.63, 3.8) is 0 Å². The van der Waals surface area contributed by atoms with Crippen molar-refractivity contribution in [2.24, 2.45) is 5.73 Å². The van der Waals surface area contributed by atoms with Gasteiger partial charge in [-0.2, -0.15) is 0 Å². The largest absolute Gasteiger partial charge is 0.362 e. The van der Waals surface area contributed by atoms with Gasteiger partial charge in [0.25, 0.3) is 0 Å². The minimum atomic E-state index is 0.105. The molecule has 1 aliphatic rings. The fraction of sp³-hybridized carbons (Fsp3) is 0.533. The Morgan fingerprint density at radius 1 is 1.32 bits per heavy atom. The fourth-order valence-corrected chi connectivity index (χ4v) is 2.94. The van der Waals surface area contributed by atoms with Gasteiger partial charge in [-0.25, -0.2) is 0 Å². The Labute approximate surface area is 115 Å². The zero-order chi connectivity index (χ0) is 14.0. The minimum Gasteiger partial charge on any atom is -0.362 e. The van der Waals surface area contributed by atoms with Crippen molar-refractivity contribution in [1.29, 1.82) is 0 Å². The maximum absolute atomic E-state index is 11.3. The molecule has 4 heteroatoms. The highest BCUT2D eigenvalue weighted by atomic mass is 16.1. The van der Waals surface area contributed by atoms with Crippen LogP contribution in [0.5, 0.6) is 0 Å². The summed E-state index contributed by atoms with van der Waals surface area (Å²) in [4.78, 5) is 16.0. The standard InChI is InChI=1S/C15H23N3O/c1-11-9-17(3)10-15(8-16)18(11)14-6-4-13(5-7-14)12(2)19/h4-7,11,15H,8-10,16H2,1-3H3. The van der Waals surface area contributed by atoms with Crippen LogP contribution in [0.4, 0.5) is 5.69 Å². The summed E-state index contributed by atoms with van der Waals surface area (Å²) in [6, 6.07) is 8.61. The lowest BCUT2D eigenvalue weighted by molar-refractivity contribution is 0.101. The average Bonchev–Trinajstić information content (AvgIpc) is 2.38. The van der Waals surface area contributed by atoms with E-state index in [4.69, 9.17) is 5.73 Å². The van der Waals surface area contributed by atoms with E-state index in [1.54, 1.807) is 6.92 Å². The number of ketones is 1. The number of anilines is 1. The Morgan fingerprint density at radius 3 is 2.47 bits per heavy atom. The van der Waals surface area contributed by atoms with E-state index in [-0.39, 0.29) is 5.78 Å². The number of Topliss-reactive ketones (excluding diaryl/α,β-unsaturated/α-hetero) is 1. The van der Waals surface area contributed by atoms with Gasteiger partial charge < -0.3 is 15.5 Å². The van der Waals surface area contributed by atoms with Crippen LogP contribution >= 0.6 is 0 Å². The minimum absolute atomic E-state index is 0.105. The number of rotatable bonds is 3. The van der Waals surface area contributed by atoms with Crippen molar-refractivity contribution in [2.75, 3.05) is 31.6 Å². The molecule has 4 nitrogen and oxygen atoms in total. The Hall–Kier alpha value is -1.39. The number of carbonyl (C=O) groups is 1. The number of likely N-dealkylation sites (N-methyl/N-ethyl adjacent to an activating group) is 1. The Balaban J connectivity index is 2.25. The molecular formula is C15H23N3O. The molecule has 0 amide bonds. The zero-order valence-electron chi connectivity index (χ0n) is 12.0. The molecule has 0 saturated carbocycles. The van der Waals surface area contributed by atoms with Crippen molar-refractivity contribution >= 4 is 11.5 Å². The number of benzene rings is 1. The second-order valence-electron chi connectivity index (χ2n) is 5.47. The van der Waals surface area contributed by atoms with Crippen LogP contribution < -0.4 is 10.6 Å². The van der Waals surface area contributed by atoms with Gasteiger partial charge in [0.1, 0.15) is 0 Å². The first-order chi connectivity index (χ1) is 9.02. The number of piperazine rings is 1. The van der Waals surface area contributed by atoms with Crippen molar-refractivity contribution in [3.05, 3.63) is 29.8 Å². The quantitative estimate of drug-likeness (QED) is 0.835. The predicted octanol–water partition coefficient (Wildman–Crippen LogP) is 1.36. The average molecular weight is 261 g/mol. The van der Waals surface area contributed by atoms with E-state index in [0.717, 1.165) is 24.3 Å². The van der Waals surface area contributed by atoms with Crippen LogP contribution in [0.1, 0.15) is 24.2 Å². The lowest BCUT2D eigenvalue weighted by atomic mass is 10.0. The summed E-state index contributed by atoms with van der Waals surface area (Å²) in [5.74, 6) is 0.105. The summed E-state index contributed by atoms with van der Waals surface area (Å²) in [6.07, 6.45) is 0. The molecule has 2 atom stereocenters. The fourth-order valence-electron chi connectivity index (χ4n) is 2.94. The summed E-state index contributed by atoms with van der Waals surface area (Å²) in [5, 5.41) is 0. The van der Waals surface area contributed by atoms with Crippen molar-refractivity contribution in [2.45, 2.75) is 25.9 Å². The molecular weight excluding hydrogens is 238 g/mol. The molecule has 104 valence electrons. The molecule has 2 N–H and O–H groups in total. The number of nitrogens with two attached hydrogens (primary N) is 1. The Kier molecular flexibility index (Phi) is 4.22. The van der Waals surface area contributed by atoms with Gasteiger partial charge in [-0.05, 0) is 45.2 Å². The first kappa shape index (κ1) is 14.0. The Bertz CT molecular complexity index is 443. The number of nitrogens with zero attached hydrogens (tertiary/aromatic N) is 2. The highest BCUT2D eigenvalue weighted by molar-refractivity contribution is 5.94. The molecule has 0 radical (unpaired) electrons. The molecule has 0 aromatic heterocycles. The highest BCUT2D eigenvalue weighted by Gasteiger charge is 2.29. The number of hydrogen-bond acceptors (Lipinski definition) is 4. The highest BCUT2D eigenvalue weighted by Crippen LogP contribution is 2.24. The van der Waals surface area contributed by atoms with Crippen molar-refractivity contribution in [1.82, 2.24) is 4.90 Å². The van der Waals surface area contributed by atoms with E-state index in [2.05, 4.69) is 23.8 Å². The molecule has 1 aliphatic heterocycles. The van der Waals surface area contributed by atoms with Crippen molar-refractivity contribution < 1.29 is 4.79 Å². The zero-order valence-corrected chi connectivity index (χ0v) is 12.0. The predicted molar refractivity (Wildman–Crippen MR) is 78.7 cm³/mol. The smallest absolute Gasteiger partial charge is 0.159 e. The van der Waals surface area contributed by atoms with E-state index < -0.39 is 0 Å². The van der Waals surface area contributed by atoms with Gasteiger partial charge in [0.2, 0.25) is 0 Å². The maximum Gasteiger partial charge on any atom is 0.159 e. The summed E-state index contributed by atoms with van der Waals surface area (Å²) < 4.78 is 0. The molecule has 1 aromatic rings. The lowest BCUT2D eigenvalue weighted by Gasteiger charge is -2.45. The molecule has 2 unspecified atom stereocenters. The Morgan fingerprint density at radius 2 is 1.95 bits per heavy atom. The summed E-state index contributed by atoms with van der Waals surface area (Å²) in [5.41, 5.74) is 7.82. The summed E-state index contributed by atoms with van der Waals surface area (Å²) >= 11 is 0. The second-order valence-corrected chi connectivity index (χ2v) is 5.47. The van der Waals surface area contributed by atoms with Crippen LogP contribution in [0.25, 0.3) is 0 Å². The van der Waals surface area contributed by atoms with E-state index in [9.17, 15) is 4.79 Å². The second kappa shape index (κ2) is 5.72. The molecule has 0 spiro atoms.